The zero-order valence-corrected chi connectivity index (χ0v) is 16.7. The van der Waals surface area contributed by atoms with Crippen molar-refractivity contribution < 1.29 is 29.0 Å². The highest BCUT2D eigenvalue weighted by Crippen LogP contribution is 2.46. The maximum Gasteiger partial charge on any atom is 0.352 e. The third-order valence-corrected chi connectivity index (χ3v) is 6.28. The summed E-state index contributed by atoms with van der Waals surface area (Å²) in [6.45, 7) is -0.298. The first-order chi connectivity index (χ1) is 12.9. The van der Waals surface area contributed by atoms with Gasteiger partial charge in [-0.15, -0.1) is 11.8 Å². The maximum atomic E-state index is 12.8. The molecule has 2 N–H and O–H groups in total. The first-order valence-corrected chi connectivity index (χ1v) is 10.1. The van der Waals surface area contributed by atoms with E-state index in [0.29, 0.717) is 22.4 Å². The standard InChI is InChI=1S/C17H17BrN2O6S/c1-25-17(19-12(21)8-26-11-5-3-2-4-6-11)15(24)20-13(14(22)23)10(7-18)9-27-16(17)20/h2-6,16H,7-9H2,1H3,(H,19,21)(H,22,23)/t16-,17?/m0/s1. The number of nitrogens with one attached hydrogen (secondary N) is 1. The van der Waals surface area contributed by atoms with Gasteiger partial charge < -0.3 is 19.9 Å². The molecule has 2 aliphatic rings. The van der Waals surface area contributed by atoms with E-state index in [9.17, 15) is 19.5 Å². The number of hydrogen-bond acceptors (Lipinski definition) is 6. The zero-order chi connectivity index (χ0) is 19.6. The Hall–Kier alpha value is -2.04. The number of amides is 2. The van der Waals surface area contributed by atoms with E-state index in [4.69, 9.17) is 9.47 Å². The summed E-state index contributed by atoms with van der Waals surface area (Å²) in [7, 11) is 1.30. The van der Waals surface area contributed by atoms with Gasteiger partial charge in [-0.05, 0) is 17.7 Å². The third-order valence-electron chi connectivity index (χ3n) is 4.23. The van der Waals surface area contributed by atoms with Crippen LogP contribution in [0, 0.1) is 0 Å². The highest BCUT2D eigenvalue weighted by Gasteiger charge is 2.66. The fourth-order valence-electron chi connectivity index (χ4n) is 2.95. The Kier molecular flexibility index (Phi) is 5.78. The van der Waals surface area contributed by atoms with Crippen LogP contribution in [0.15, 0.2) is 41.6 Å². The summed E-state index contributed by atoms with van der Waals surface area (Å²) in [4.78, 5) is 37.8. The van der Waals surface area contributed by atoms with Crippen molar-refractivity contribution >= 4 is 45.5 Å². The van der Waals surface area contributed by atoms with Crippen molar-refractivity contribution in [2.24, 2.45) is 0 Å². The van der Waals surface area contributed by atoms with Gasteiger partial charge in [-0.3, -0.25) is 14.5 Å². The van der Waals surface area contributed by atoms with Crippen molar-refractivity contribution in [3.63, 3.8) is 0 Å². The number of halogens is 1. The van der Waals surface area contributed by atoms with Crippen molar-refractivity contribution in [1.29, 1.82) is 0 Å². The van der Waals surface area contributed by atoms with E-state index in [0.717, 1.165) is 4.90 Å². The van der Waals surface area contributed by atoms with Gasteiger partial charge in [0.05, 0.1) is 0 Å². The lowest BCUT2D eigenvalue weighted by Crippen LogP contribution is -2.81. The maximum absolute atomic E-state index is 12.8. The van der Waals surface area contributed by atoms with Crippen LogP contribution in [0.1, 0.15) is 0 Å². The van der Waals surface area contributed by atoms with Crippen LogP contribution in [0.3, 0.4) is 0 Å². The number of methoxy groups -OCH3 is 1. The Morgan fingerprint density at radius 1 is 1.41 bits per heavy atom. The minimum Gasteiger partial charge on any atom is -0.484 e. The average molecular weight is 457 g/mol. The minimum atomic E-state index is -1.61. The number of rotatable bonds is 7. The van der Waals surface area contributed by atoms with Crippen LogP contribution in [0.4, 0.5) is 0 Å². The van der Waals surface area contributed by atoms with E-state index < -0.39 is 28.9 Å². The second-order valence-electron chi connectivity index (χ2n) is 5.82. The molecule has 1 unspecified atom stereocenters. The highest BCUT2D eigenvalue weighted by molar-refractivity contribution is 9.09. The fourth-order valence-corrected chi connectivity index (χ4v) is 5.12. The van der Waals surface area contributed by atoms with E-state index in [-0.39, 0.29) is 12.3 Å². The highest BCUT2D eigenvalue weighted by atomic mass is 79.9. The zero-order valence-electron chi connectivity index (χ0n) is 14.3. The molecule has 10 heteroatoms. The molecule has 3 rings (SSSR count). The van der Waals surface area contributed by atoms with Gasteiger partial charge >= 0.3 is 5.97 Å². The Morgan fingerprint density at radius 2 is 2.11 bits per heavy atom. The smallest absolute Gasteiger partial charge is 0.352 e. The lowest BCUT2D eigenvalue weighted by atomic mass is 9.98. The van der Waals surface area contributed by atoms with Crippen LogP contribution in [-0.4, -0.2) is 63.7 Å². The quantitative estimate of drug-likeness (QED) is 0.360. The number of ether oxygens (including phenoxy) is 2. The first kappa shape index (κ1) is 19.7. The number of carboxylic acids is 1. The Bertz CT molecular complexity index is 802. The van der Waals surface area contributed by atoms with Crippen molar-refractivity contribution in [3.8, 4) is 5.75 Å². The number of alkyl halides is 1. The van der Waals surface area contributed by atoms with E-state index in [1.54, 1.807) is 24.3 Å². The molecule has 2 atom stereocenters. The third kappa shape index (κ3) is 3.44. The van der Waals surface area contributed by atoms with Gasteiger partial charge in [0.15, 0.2) is 6.61 Å². The molecule has 1 aromatic rings. The van der Waals surface area contributed by atoms with Gasteiger partial charge in [0.25, 0.3) is 17.5 Å². The van der Waals surface area contributed by atoms with Crippen molar-refractivity contribution in [2.75, 3.05) is 24.8 Å². The molecular weight excluding hydrogens is 440 g/mol. The number of benzene rings is 1. The van der Waals surface area contributed by atoms with Gasteiger partial charge in [-0.1, -0.05) is 34.1 Å². The number of β-lactam (4-membered cyclic amide) rings is 1. The number of hydrogen-bond donors (Lipinski definition) is 2. The molecule has 1 aromatic carbocycles. The van der Waals surface area contributed by atoms with E-state index in [2.05, 4.69) is 21.2 Å². The number of thioether (sulfide) groups is 1. The second-order valence-corrected chi connectivity index (χ2v) is 7.45. The molecule has 1 saturated heterocycles. The lowest BCUT2D eigenvalue weighted by molar-refractivity contribution is -0.192. The number of carbonyl (C=O) groups excluding carboxylic acids is 2. The molecule has 2 heterocycles. The van der Waals surface area contributed by atoms with E-state index >= 15 is 0 Å². The number of carboxylic acid groups (broad SMARTS) is 1. The number of aliphatic carboxylic acids is 1. The summed E-state index contributed by atoms with van der Waals surface area (Å²) in [6.07, 6.45) is 0. The molecule has 144 valence electrons. The molecule has 0 bridgehead atoms. The van der Waals surface area contributed by atoms with Gasteiger partial charge in [0, 0.05) is 18.2 Å². The number of fused-ring (bicyclic) bond motifs is 1. The van der Waals surface area contributed by atoms with Gasteiger partial charge in [-0.2, -0.15) is 0 Å². The van der Waals surface area contributed by atoms with Crippen LogP contribution in [-0.2, 0) is 19.1 Å². The number of nitrogens with zero attached hydrogens (tertiary/aromatic N) is 1. The molecule has 0 aliphatic carbocycles. The molecule has 2 aliphatic heterocycles. The van der Waals surface area contributed by atoms with Crippen LogP contribution >= 0.6 is 27.7 Å². The summed E-state index contributed by atoms with van der Waals surface area (Å²) >= 11 is 4.58. The van der Waals surface area contributed by atoms with Gasteiger partial charge in [0.1, 0.15) is 16.8 Å². The average Bonchev–Trinajstić information content (AvgIpc) is 2.69. The fraction of sp³-hybridized carbons (Fsp3) is 0.353. The van der Waals surface area contributed by atoms with E-state index in [1.165, 1.54) is 18.9 Å². The summed E-state index contributed by atoms with van der Waals surface area (Å²) in [5.41, 5.74) is -1.08. The molecule has 0 aromatic heterocycles. The van der Waals surface area contributed by atoms with E-state index in [1.807, 2.05) is 6.07 Å². The Balaban J connectivity index is 1.73. The minimum absolute atomic E-state index is 0.0666. The Morgan fingerprint density at radius 3 is 2.70 bits per heavy atom. The summed E-state index contributed by atoms with van der Waals surface area (Å²) in [5.74, 6) is -1.42. The first-order valence-electron chi connectivity index (χ1n) is 7.95. The molecule has 0 radical (unpaired) electrons. The molecule has 1 fully saturated rings. The predicted molar refractivity (Wildman–Crippen MR) is 101 cm³/mol. The normalized spacial score (nSPS) is 24.1. The SMILES string of the molecule is COC1(NC(=O)COc2ccccc2)C(=O)N2C(C(=O)O)=C(CBr)CS[C@H]21. The topological polar surface area (TPSA) is 105 Å². The molecular formula is C17H17BrN2O6S. The van der Waals surface area contributed by atoms with Crippen molar-refractivity contribution in [1.82, 2.24) is 10.2 Å². The van der Waals surface area contributed by atoms with Crippen LogP contribution in [0.2, 0.25) is 0 Å². The van der Waals surface area contributed by atoms with Crippen LogP contribution in [0.5, 0.6) is 5.75 Å². The molecule has 0 spiro atoms. The second kappa shape index (κ2) is 7.91. The van der Waals surface area contributed by atoms with Crippen LogP contribution < -0.4 is 10.1 Å². The molecule has 2 amide bonds. The largest absolute Gasteiger partial charge is 0.484 e. The van der Waals surface area contributed by atoms with Gasteiger partial charge in [-0.25, -0.2) is 4.79 Å². The lowest BCUT2D eigenvalue weighted by Gasteiger charge is -2.55. The summed E-state index contributed by atoms with van der Waals surface area (Å²) in [6, 6.07) is 8.79. The molecule has 8 nitrogen and oxygen atoms in total. The van der Waals surface area contributed by atoms with Crippen molar-refractivity contribution in [3.05, 3.63) is 41.6 Å². The summed E-state index contributed by atoms with van der Waals surface area (Å²) < 4.78 is 10.7. The molecule has 27 heavy (non-hydrogen) atoms. The molecule has 0 saturated carbocycles. The van der Waals surface area contributed by atoms with Crippen LogP contribution in [0.25, 0.3) is 0 Å². The van der Waals surface area contributed by atoms with Gasteiger partial charge in [0.2, 0.25) is 0 Å². The predicted octanol–water partition coefficient (Wildman–Crippen LogP) is 1.17. The number of para-hydroxylation sites is 1. The Labute approximate surface area is 168 Å². The van der Waals surface area contributed by atoms with Crippen molar-refractivity contribution in [2.45, 2.75) is 11.1 Å². The number of carbonyl (C=O) groups is 3. The summed E-state index contributed by atoms with van der Waals surface area (Å²) in [5, 5.41) is 11.7. The monoisotopic (exact) mass is 456 g/mol.